The topological polar surface area (TPSA) is 58.6 Å². The van der Waals surface area contributed by atoms with Gasteiger partial charge in [0, 0.05) is 12.4 Å². The van der Waals surface area contributed by atoms with E-state index in [0.29, 0.717) is 5.56 Å². The van der Waals surface area contributed by atoms with E-state index in [2.05, 4.69) is 0 Å². The van der Waals surface area contributed by atoms with Crippen LogP contribution in [0.25, 0.3) is 0 Å². The predicted octanol–water partition coefficient (Wildman–Crippen LogP) is 2.16. The number of benzene rings is 1. The summed E-state index contributed by atoms with van der Waals surface area (Å²) in [6.45, 7) is -0.184. The molecular formula is C13H11F3N2O3. The number of rotatable bonds is 2. The Morgan fingerprint density at radius 2 is 1.95 bits per heavy atom. The summed E-state index contributed by atoms with van der Waals surface area (Å²) in [6.07, 6.45) is -4.35. The number of halogens is 3. The molecule has 1 heterocycles. The zero-order valence-electron chi connectivity index (χ0n) is 10.6. The highest BCUT2D eigenvalue weighted by Crippen LogP contribution is 2.27. The number of hydrogen-bond donors (Lipinski definition) is 1. The van der Waals surface area contributed by atoms with Crippen LogP contribution >= 0.6 is 0 Å². The van der Waals surface area contributed by atoms with Crippen LogP contribution in [0.3, 0.4) is 0 Å². The highest BCUT2D eigenvalue weighted by atomic mass is 19.4. The summed E-state index contributed by atoms with van der Waals surface area (Å²) in [5.74, 6) is -1.33. The molecule has 0 spiro atoms. The van der Waals surface area contributed by atoms with Crippen molar-refractivity contribution in [2.24, 2.45) is 0 Å². The fourth-order valence-corrected chi connectivity index (χ4v) is 1.76. The van der Waals surface area contributed by atoms with Crippen LogP contribution in [0.1, 0.15) is 5.56 Å². The highest BCUT2D eigenvalue weighted by Gasteiger charge is 2.51. The van der Waals surface area contributed by atoms with Crippen LogP contribution in [0.5, 0.6) is 0 Å². The molecule has 5 nitrogen and oxygen atoms in total. The number of nitrogens with one attached hydrogen (secondary N) is 1. The third kappa shape index (κ3) is 3.53. The van der Waals surface area contributed by atoms with Crippen molar-refractivity contribution in [2.75, 3.05) is 0 Å². The molecule has 2 rings (SSSR count). The molecular weight excluding hydrogens is 289 g/mol. The van der Waals surface area contributed by atoms with Crippen LogP contribution in [0.4, 0.5) is 18.0 Å². The molecule has 0 saturated heterocycles. The van der Waals surface area contributed by atoms with Crippen molar-refractivity contribution in [1.29, 1.82) is 0 Å². The van der Waals surface area contributed by atoms with Crippen LogP contribution < -0.4 is 5.32 Å². The lowest BCUT2D eigenvalue weighted by Gasteiger charge is -2.30. The molecule has 8 heteroatoms. The first-order valence-corrected chi connectivity index (χ1v) is 5.92. The molecule has 1 atom stereocenters. The van der Waals surface area contributed by atoms with Gasteiger partial charge in [-0.3, -0.25) is 9.69 Å². The summed E-state index contributed by atoms with van der Waals surface area (Å²) >= 11 is 0. The standard InChI is InChI=1S/C13H11F3N2O3/c14-13(15,16)10-11(19)17-6-7-18(10)12(20)21-8-9-4-2-1-3-5-9/h1-7,10H,8H2,(H,17,19). The maximum Gasteiger partial charge on any atom is 0.418 e. The monoisotopic (exact) mass is 300 g/mol. The Bertz CT molecular complexity index is 558. The van der Waals surface area contributed by atoms with Crippen molar-refractivity contribution in [3.63, 3.8) is 0 Å². The normalized spacial score (nSPS) is 18.3. The fraction of sp³-hybridized carbons (Fsp3) is 0.231. The van der Waals surface area contributed by atoms with Gasteiger partial charge >= 0.3 is 12.3 Å². The van der Waals surface area contributed by atoms with Crippen molar-refractivity contribution in [3.8, 4) is 0 Å². The van der Waals surface area contributed by atoms with Crippen LogP contribution in [0.15, 0.2) is 42.7 Å². The molecule has 21 heavy (non-hydrogen) atoms. The quantitative estimate of drug-likeness (QED) is 0.910. The molecule has 1 aromatic rings. The van der Waals surface area contributed by atoms with Gasteiger partial charge in [-0.25, -0.2) is 4.79 Å². The maximum atomic E-state index is 12.8. The summed E-state index contributed by atoms with van der Waals surface area (Å²) in [6, 6.07) is 5.89. The minimum atomic E-state index is -4.89. The second kappa shape index (κ2) is 5.86. The molecule has 1 N–H and O–H groups in total. The zero-order valence-corrected chi connectivity index (χ0v) is 10.6. The third-order valence-electron chi connectivity index (χ3n) is 2.71. The molecule has 0 aromatic heterocycles. The average Bonchev–Trinajstić information content (AvgIpc) is 2.44. The summed E-state index contributed by atoms with van der Waals surface area (Å²) in [7, 11) is 0. The number of nitrogens with zero attached hydrogens (tertiary/aromatic N) is 1. The Balaban J connectivity index is 2.08. The van der Waals surface area contributed by atoms with E-state index in [1.807, 2.05) is 5.32 Å². The molecule has 0 radical (unpaired) electrons. The number of amides is 2. The summed E-state index contributed by atoms with van der Waals surface area (Å²) in [5, 5.41) is 1.91. The van der Waals surface area contributed by atoms with Crippen LogP contribution in [0, 0.1) is 0 Å². The lowest BCUT2D eigenvalue weighted by Crippen LogP contribution is -2.56. The Morgan fingerprint density at radius 3 is 2.57 bits per heavy atom. The molecule has 1 aromatic carbocycles. The number of alkyl halides is 3. The third-order valence-corrected chi connectivity index (χ3v) is 2.71. The Morgan fingerprint density at radius 1 is 1.29 bits per heavy atom. The van der Waals surface area contributed by atoms with Crippen molar-refractivity contribution in [1.82, 2.24) is 10.2 Å². The number of carbonyl (C=O) groups excluding carboxylic acids is 2. The van der Waals surface area contributed by atoms with Gasteiger partial charge in [-0.2, -0.15) is 13.2 Å². The van der Waals surface area contributed by atoms with Crippen molar-refractivity contribution in [3.05, 3.63) is 48.3 Å². The molecule has 1 aliphatic heterocycles. The highest BCUT2D eigenvalue weighted by molar-refractivity contribution is 5.89. The maximum absolute atomic E-state index is 12.8. The van der Waals surface area contributed by atoms with Gasteiger partial charge in [0.1, 0.15) is 6.61 Å². The largest absolute Gasteiger partial charge is 0.444 e. The van der Waals surface area contributed by atoms with E-state index in [-0.39, 0.29) is 11.5 Å². The predicted molar refractivity (Wildman–Crippen MR) is 65.6 cm³/mol. The molecule has 0 aliphatic carbocycles. The minimum Gasteiger partial charge on any atom is -0.444 e. The smallest absolute Gasteiger partial charge is 0.418 e. The second-order valence-electron chi connectivity index (χ2n) is 4.22. The fourth-order valence-electron chi connectivity index (χ4n) is 1.76. The average molecular weight is 300 g/mol. The molecule has 1 aliphatic rings. The van der Waals surface area contributed by atoms with E-state index in [9.17, 15) is 22.8 Å². The summed E-state index contributed by atoms with van der Waals surface area (Å²) < 4.78 is 43.3. The Kier molecular flexibility index (Phi) is 4.15. The lowest BCUT2D eigenvalue weighted by molar-refractivity contribution is -0.182. The first-order chi connectivity index (χ1) is 9.89. The Hall–Kier alpha value is -2.51. The van der Waals surface area contributed by atoms with Gasteiger partial charge in [-0.15, -0.1) is 0 Å². The number of ether oxygens (including phenoxy) is 1. The van der Waals surface area contributed by atoms with E-state index >= 15 is 0 Å². The molecule has 0 bridgehead atoms. The van der Waals surface area contributed by atoms with Crippen molar-refractivity contribution >= 4 is 12.0 Å². The molecule has 112 valence electrons. The minimum absolute atomic E-state index is 0.184. The number of carbonyl (C=O) groups is 2. The van der Waals surface area contributed by atoms with E-state index in [4.69, 9.17) is 4.74 Å². The van der Waals surface area contributed by atoms with E-state index in [1.54, 1.807) is 30.3 Å². The van der Waals surface area contributed by atoms with E-state index < -0.39 is 24.2 Å². The Labute approximate surface area is 118 Å². The summed E-state index contributed by atoms with van der Waals surface area (Å²) in [4.78, 5) is 23.3. The van der Waals surface area contributed by atoms with Gasteiger partial charge in [0.15, 0.2) is 0 Å². The molecule has 0 fully saturated rings. The molecule has 1 unspecified atom stereocenters. The number of hydrogen-bond acceptors (Lipinski definition) is 3. The van der Waals surface area contributed by atoms with Gasteiger partial charge < -0.3 is 10.1 Å². The van der Waals surface area contributed by atoms with Crippen molar-refractivity contribution in [2.45, 2.75) is 18.8 Å². The van der Waals surface area contributed by atoms with E-state index in [0.717, 1.165) is 12.4 Å². The summed E-state index contributed by atoms with van der Waals surface area (Å²) in [5.41, 5.74) is 0.625. The van der Waals surface area contributed by atoms with Gasteiger partial charge in [-0.1, -0.05) is 30.3 Å². The van der Waals surface area contributed by atoms with Gasteiger partial charge in [0.2, 0.25) is 6.04 Å². The first kappa shape index (κ1) is 14.9. The van der Waals surface area contributed by atoms with Crippen LogP contribution in [-0.4, -0.2) is 29.1 Å². The SMILES string of the molecule is O=C1NC=CN(C(=O)OCc2ccccc2)C1C(F)(F)F. The van der Waals surface area contributed by atoms with Crippen LogP contribution in [0.2, 0.25) is 0 Å². The van der Waals surface area contributed by atoms with Gasteiger partial charge in [0.25, 0.3) is 5.91 Å². The first-order valence-electron chi connectivity index (χ1n) is 5.92. The van der Waals surface area contributed by atoms with Gasteiger partial charge in [-0.05, 0) is 5.56 Å². The second-order valence-corrected chi connectivity index (χ2v) is 4.22. The molecule has 2 amide bonds. The van der Waals surface area contributed by atoms with Crippen LogP contribution in [-0.2, 0) is 16.1 Å². The van der Waals surface area contributed by atoms with Crippen molar-refractivity contribution < 1.29 is 27.5 Å². The zero-order chi connectivity index (χ0) is 15.5. The van der Waals surface area contributed by atoms with Gasteiger partial charge in [0.05, 0.1) is 0 Å². The molecule has 0 saturated carbocycles. The lowest BCUT2D eigenvalue weighted by atomic mass is 10.2. The van der Waals surface area contributed by atoms with E-state index in [1.165, 1.54) is 0 Å².